The summed E-state index contributed by atoms with van der Waals surface area (Å²) in [5.74, 6) is -0.411. The van der Waals surface area contributed by atoms with Gasteiger partial charge in [-0.3, -0.25) is 9.78 Å². The Morgan fingerprint density at radius 1 is 1.24 bits per heavy atom. The molecule has 0 aliphatic carbocycles. The van der Waals surface area contributed by atoms with Crippen LogP contribution < -0.4 is 0 Å². The van der Waals surface area contributed by atoms with E-state index in [0.29, 0.717) is 5.56 Å². The van der Waals surface area contributed by atoms with Gasteiger partial charge in [-0.25, -0.2) is 0 Å². The number of hydrogen-bond acceptors (Lipinski definition) is 7. The summed E-state index contributed by atoms with van der Waals surface area (Å²) in [6, 6.07) is 3.15. The maximum atomic E-state index is 12.0. The first-order valence-corrected chi connectivity index (χ1v) is 6.37. The maximum Gasteiger partial charge on any atom is 0.255 e. The minimum atomic E-state index is -1.72. The van der Waals surface area contributed by atoms with Gasteiger partial charge in [-0.05, 0) is 12.1 Å². The molecule has 5 N–H and O–H groups in total. The lowest BCUT2D eigenvalue weighted by atomic mass is 10.0. The van der Waals surface area contributed by atoms with Crippen molar-refractivity contribution in [2.45, 2.75) is 24.4 Å². The maximum absolute atomic E-state index is 12.0. The monoisotopic (exact) mass is 300 g/mol. The molecule has 0 aromatic carbocycles. The van der Waals surface area contributed by atoms with E-state index in [2.05, 4.69) is 4.98 Å². The highest BCUT2D eigenvalue weighted by atomic mass is 16.4. The number of aliphatic hydroxyl groups excluding tert-OH is 5. The molecule has 1 amide bonds. The van der Waals surface area contributed by atoms with Crippen molar-refractivity contribution in [3.8, 4) is 0 Å². The predicted octanol–water partition coefficient (Wildman–Crippen LogP) is -2.41. The van der Waals surface area contributed by atoms with Gasteiger partial charge in [0.1, 0.15) is 24.4 Å². The molecule has 1 rings (SSSR count). The average molecular weight is 300 g/mol. The van der Waals surface area contributed by atoms with Crippen LogP contribution in [0.5, 0.6) is 0 Å². The molecule has 21 heavy (non-hydrogen) atoms. The summed E-state index contributed by atoms with van der Waals surface area (Å²) in [5, 5.41) is 46.8. The van der Waals surface area contributed by atoms with Gasteiger partial charge in [0.05, 0.1) is 12.2 Å². The number of nitrogens with zero attached hydrogens (tertiary/aromatic N) is 2. The largest absolute Gasteiger partial charge is 0.394 e. The van der Waals surface area contributed by atoms with Crippen LogP contribution in [0.1, 0.15) is 10.4 Å². The predicted molar refractivity (Wildman–Crippen MR) is 72.3 cm³/mol. The Bertz CT molecular complexity index is 444. The third-order valence-corrected chi connectivity index (χ3v) is 3.04. The number of hydrogen-bond donors (Lipinski definition) is 5. The van der Waals surface area contributed by atoms with Crippen molar-refractivity contribution in [1.82, 2.24) is 9.88 Å². The lowest BCUT2D eigenvalue weighted by molar-refractivity contribution is -0.117. The van der Waals surface area contributed by atoms with E-state index >= 15 is 0 Å². The van der Waals surface area contributed by atoms with Gasteiger partial charge in [0, 0.05) is 26.0 Å². The van der Waals surface area contributed by atoms with E-state index in [1.54, 1.807) is 12.1 Å². The second-order valence-corrected chi connectivity index (χ2v) is 4.73. The Kier molecular flexibility index (Phi) is 6.66. The topological polar surface area (TPSA) is 134 Å². The lowest BCUT2D eigenvalue weighted by Crippen LogP contribution is -2.49. The minimum absolute atomic E-state index is 0.260. The number of likely N-dealkylation sites (N-methyl/N-ethyl adjacent to an activating group) is 1. The Labute approximate surface area is 121 Å². The van der Waals surface area contributed by atoms with Crippen molar-refractivity contribution in [1.29, 1.82) is 0 Å². The quantitative estimate of drug-likeness (QED) is 0.378. The molecule has 0 radical (unpaired) electrons. The van der Waals surface area contributed by atoms with Gasteiger partial charge < -0.3 is 30.4 Å². The van der Waals surface area contributed by atoms with E-state index in [1.807, 2.05) is 0 Å². The average Bonchev–Trinajstić information content (AvgIpc) is 2.52. The van der Waals surface area contributed by atoms with Crippen LogP contribution in [0, 0.1) is 0 Å². The summed E-state index contributed by atoms with van der Waals surface area (Å²) in [5.41, 5.74) is 0.317. The fourth-order valence-corrected chi connectivity index (χ4v) is 1.74. The van der Waals surface area contributed by atoms with Crippen molar-refractivity contribution in [2.75, 3.05) is 20.2 Å². The highest BCUT2D eigenvalue weighted by Crippen LogP contribution is 2.08. The van der Waals surface area contributed by atoms with Gasteiger partial charge in [0.15, 0.2) is 0 Å². The SMILES string of the molecule is CN(C[C@@H](O)[C@H](O)[C@@H](O)[C@@H](O)CO)C(=O)c1cccnc1. The van der Waals surface area contributed by atoms with E-state index in [1.165, 1.54) is 19.4 Å². The van der Waals surface area contributed by atoms with E-state index in [9.17, 15) is 25.2 Å². The summed E-state index contributed by atoms with van der Waals surface area (Å²) < 4.78 is 0. The van der Waals surface area contributed by atoms with Gasteiger partial charge in [0.2, 0.25) is 0 Å². The normalized spacial score (nSPS) is 16.9. The number of aliphatic hydroxyl groups is 5. The highest BCUT2D eigenvalue weighted by Gasteiger charge is 2.31. The first-order valence-electron chi connectivity index (χ1n) is 6.37. The highest BCUT2D eigenvalue weighted by molar-refractivity contribution is 5.93. The van der Waals surface area contributed by atoms with Crippen molar-refractivity contribution < 1.29 is 30.3 Å². The number of rotatable bonds is 7. The Hall–Kier alpha value is -1.58. The number of pyridine rings is 1. The molecule has 1 aromatic heterocycles. The smallest absolute Gasteiger partial charge is 0.255 e. The van der Waals surface area contributed by atoms with Crippen LogP contribution in [-0.4, -0.2) is 85.9 Å². The second kappa shape index (κ2) is 8.01. The molecule has 4 atom stereocenters. The fraction of sp³-hybridized carbons (Fsp3) is 0.538. The van der Waals surface area contributed by atoms with Gasteiger partial charge in [-0.15, -0.1) is 0 Å². The molecule has 8 nitrogen and oxygen atoms in total. The first-order chi connectivity index (χ1) is 9.88. The van der Waals surface area contributed by atoms with Gasteiger partial charge >= 0.3 is 0 Å². The summed E-state index contributed by atoms with van der Waals surface area (Å²) >= 11 is 0. The number of carbonyl (C=O) groups is 1. The molecular formula is C13H20N2O6. The van der Waals surface area contributed by atoms with Gasteiger partial charge in [-0.2, -0.15) is 0 Å². The van der Waals surface area contributed by atoms with E-state index < -0.39 is 36.9 Å². The number of carbonyl (C=O) groups excluding carboxylic acids is 1. The zero-order chi connectivity index (χ0) is 16.0. The Morgan fingerprint density at radius 3 is 2.38 bits per heavy atom. The minimum Gasteiger partial charge on any atom is -0.394 e. The molecule has 8 heteroatoms. The Balaban J connectivity index is 2.61. The molecule has 1 aromatic rings. The van der Waals surface area contributed by atoms with Crippen molar-refractivity contribution in [2.24, 2.45) is 0 Å². The van der Waals surface area contributed by atoms with Gasteiger partial charge in [0.25, 0.3) is 5.91 Å². The van der Waals surface area contributed by atoms with Crippen LogP contribution >= 0.6 is 0 Å². The van der Waals surface area contributed by atoms with Crippen LogP contribution in [0.4, 0.5) is 0 Å². The molecule has 1 heterocycles. The number of aromatic nitrogens is 1. The summed E-state index contributed by atoms with van der Waals surface area (Å²) in [6.07, 6.45) is -3.59. The summed E-state index contributed by atoms with van der Waals surface area (Å²) in [6.45, 7) is -1.01. The summed E-state index contributed by atoms with van der Waals surface area (Å²) in [7, 11) is 1.42. The Morgan fingerprint density at radius 2 is 1.86 bits per heavy atom. The van der Waals surface area contributed by atoms with Crippen molar-refractivity contribution in [3.63, 3.8) is 0 Å². The van der Waals surface area contributed by atoms with Crippen molar-refractivity contribution >= 4 is 5.91 Å². The fourth-order valence-electron chi connectivity index (χ4n) is 1.74. The molecule has 118 valence electrons. The third kappa shape index (κ3) is 4.73. The zero-order valence-corrected chi connectivity index (χ0v) is 11.6. The molecule has 0 unspecified atom stereocenters. The van der Waals surface area contributed by atoms with Crippen molar-refractivity contribution in [3.05, 3.63) is 30.1 Å². The number of amides is 1. The molecule has 0 bridgehead atoms. The molecule has 0 saturated carbocycles. The van der Waals surface area contributed by atoms with E-state index in [-0.39, 0.29) is 6.54 Å². The molecule has 0 spiro atoms. The van der Waals surface area contributed by atoms with Crippen LogP contribution in [0.3, 0.4) is 0 Å². The lowest BCUT2D eigenvalue weighted by Gasteiger charge is -2.28. The molecule has 0 aliphatic rings. The van der Waals surface area contributed by atoms with Crippen LogP contribution in [0.25, 0.3) is 0 Å². The molecule has 0 saturated heterocycles. The van der Waals surface area contributed by atoms with E-state index in [0.717, 1.165) is 4.90 Å². The summed E-state index contributed by atoms with van der Waals surface area (Å²) in [4.78, 5) is 17.0. The second-order valence-electron chi connectivity index (χ2n) is 4.73. The zero-order valence-electron chi connectivity index (χ0n) is 11.6. The first kappa shape index (κ1) is 17.5. The van der Waals surface area contributed by atoms with Crippen LogP contribution in [0.15, 0.2) is 24.5 Å². The standard InChI is InChI=1S/C13H20N2O6/c1-15(13(21)8-3-2-4-14-5-8)6-9(17)11(19)12(20)10(18)7-16/h2-5,9-12,16-20H,6-7H2,1H3/t9-,10+,11+,12+/m1/s1. The third-order valence-electron chi connectivity index (χ3n) is 3.04. The van der Waals surface area contributed by atoms with Crippen LogP contribution in [-0.2, 0) is 0 Å². The van der Waals surface area contributed by atoms with Crippen LogP contribution in [0.2, 0.25) is 0 Å². The molecule has 0 fully saturated rings. The molecule has 0 aliphatic heterocycles. The van der Waals surface area contributed by atoms with E-state index in [4.69, 9.17) is 5.11 Å². The van der Waals surface area contributed by atoms with Gasteiger partial charge in [-0.1, -0.05) is 0 Å². The molecular weight excluding hydrogens is 280 g/mol.